The Hall–Kier alpha value is -2.02. The van der Waals surface area contributed by atoms with Crippen molar-refractivity contribution in [2.45, 2.75) is 51.1 Å². The molecule has 2 heterocycles. The lowest BCUT2D eigenvalue weighted by Crippen LogP contribution is -2.45. The average Bonchev–Trinajstić information content (AvgIpc) is 3.43. The molecule has 2 atom stereocenters. The molecule has 0 aromatic carbocycles. The van der Waals surface area contributed by atoms with Crippen molar-refractivity contribution in [3.63, 3.8) is 0 Å². The Balaban J connectivity index is 1.56. The molecule has 1 aliphatic carbocycles. The van der Waals surface area contributed by atoms with Crippen LogP contribution in [0.2, 0.25) is 0 Å². The third kappa shape index (κ3) is 5.28. The lowest BCUT2D eigenvalue weighted by Gasteiger charge is -2.23. The van der Waals surface area contributed by atoms with Crippen molar-refractivity contribution in [1.82, 2.24) is 20.4 Å². The summed E-state index contributed by atoms with van der Waals surface area (Å²) in [4.78, 5) is 21.6. The lowest BCUT2D eigenvalue weighted by atomic mass is 10.1. The molecule has 1 aliphatic heterocycles. The molecule has 0 radical (unpaired) electrons. The number of carbonyl (C=O) groups is 1. The maximum Gasteiger partial charge on any atom is 0.225 e. The van der Waals surface area contributed by atoms with Crippen molar-refractivity contribution >= 4 is 11.9 Å². The van der Waals surface area contributed by atoms with Gasteiger partial charge in [0.05, 0.1) is 18.8 Å². The van der Waals surface area contributed by atoms with Gasteiger partial charge < -0.3 is 20.0 Å². The molecule has 2 fully saturated rings. The predicted octanol–water partition coefficient (Wildman–Crippen LogP) is 2.23. The van der Waals surface area contributed by atoms with E-state index in [1.165, 1.54) is 12.8 Å². The van der Waals surface area contributed by atoms with Crippen LogP contribution in [-0.2, 0) is 4.79 Å². The lowest BCUT2D eigenvalue weighted by molar-refractivity contribution is -0.134. The van der Waals surface area contributed by atoms with Crippen molar-refractivity contribution in [2.75, 3.05) is 40.3 Å². The SMILES string of the molecule is CCNC(=NCC(c1ccco1)N(C)C)NC1CCN(C(=O)C2CCCC2)C1. The summed E-state index contributed by atoms with van der Waals surface area (Å²) in [5, 5.41) is 6.86. The van der Waals surface area contributed by atoms with Crippen LogP contribution in [0.25, 0.3) is 0 Å². The van der Waals surface area contributed by atoms with Gasteiger partial charge in [-0.1, -0.05) is 12.8 Å². The van der Waals surface area contributed by atoms with Gasteiger partial charge in [-0.25, -0.2) is 0 Å². The molecule has 0 spiro atoms. The Bertz CT molecular complexity index is 637. The fourth-order valence-electron chi connectivity index (χ4n) is 4.19. The Morgan fingerprint density at radius 1 is 1.36 bits per heavy atom. The highest BCUT2D eigenvalue weighted by molar-refractivity contribution is 5.81. The number of guanidine groups is 1. The molecule has 0 bridgehead atoms. The number of rotatable bonds is 7. The molecule has 7 nitrogen and oxygen atoms in total. The molecule has 7 heteroatoms. The maximum absolute atomic E-state index is 12.7. The highest BCUT2D eigenvalue weighted by atomic mass is 16.3. The first-order chi connectivity index (χ1) is 13.6. The van der Waals surface area contributed by atoms with Gasteiger partial charge in [-0.3, -0.25) is 14.7 Å². The molecule has 28 heavy (non-hydrogen) atoms. The van der Waals surface area contributed by atoms with Crippen LogP contribution in [-0.4, -0.2) is 68.0 Å². The summed E-state index contributed by atoms with van der Waals surface area (Å²) < 4.78 is 5.58. The number of hydrogen-bond donors (Lipinski definition) is 2. The van der Waals surface area contributed by atoms with Crippen LogP contribution in [0.1, 0.15) is 50.8 Å². The van der Waals surface area contributed by atoms with E-state index in [9.17, 15) is 4.79 Å². The van der Waals surface area contributed by atoms with Crippen LogP contribution in [0.4, 0.5) is 0 Å². The summed E-state index contributed by atoms with van der Waals surface area (Å²) in [6, 6.07) is 4.25. The van der Waals surface area contributed by atoms with Crippen molar-refractivity contribution in [2.24, 2.45) is 10.9 Å². The number of amides is 1. The van der Waals surface area contributed by atoms with Gasteiger partial charge in [0.25, 0.3) is 0 Å². The van der Waals surface area contributed by atoms with E-state index in [0.717, 1.165) is 50.6 Å². The molecule has 1 saturated carbocycles. The Labute approximate surface area is 168 Å². The molecular formula is C21H35N5O2. The highest BCUT2D eigenvalue weighted by Gasteiger charge is 2.32. The summed E-state index contributed by atoms with van der Waals surface area (Å²) in [6.07, 6.45) is 7.20. The minimum absolute atomic E-state index is 0.0921. The molecule has 2 unspecified atom stereocenters. The number of nitrogens with zero attached hydrogens (tertiary/aromatic N) is 3. The quantitative estimate of drug-likeness (QED) is 0.553. The number of hydrogen-bond acceptors (Lipinski definition) is 4. The average molecular weight is 390 g/mol. The third-order valence-corrected chi connectivity index (χ3v) is 5.81. The van der Waals surface area contributed by atoms with Crippen molar-refractivity contribution < 1.29 is 9.21 Å². The number of carbonyl (C=O) groups excluding carboxylic acids is 1. The van der Waals surface area contributed by atoms with Gasteiger partial charge in [-0.15, -0.1) is 0 Å². The number of likely N-dealkylation sites (N-methyl/N-ethyl adjacent to an activating group) is 1. The van der Waals surface area contributed by atoms with Crippen LogP contribution in [0.3, 0.4) is 0 Å². The zero-order chi connectivity index (χ0) is 19.9. The van der Waals surface area contributed by atoms with Gasteiger partial charge >= 0.3 is 0 Å². The first kappa shape index (κ1) is 20.7. The van der Waals surface area contributed by atoms with Gasteiger partial charge in [0.1, 0.15) is 5.76 Å². The smallest absolute Gasteiger partial charge is 0.225 e. The van der Waals surface area contributed by atoms with Gasteiger partial charge in [0.2, 0.25) is 5.91 Å². The molecule has 2 aliphatic rings. The van der Waals surface area contributed by atoms with Crippen molar-refractivity contribution in [3.8, 4) is 0 Å². The van der Waals surface area contributed by atoms with E-state index in [0.29, 0.717) is 12.5 Å². The van der Waals surface area contributed by atoms with Gasteiger partial charge in [0, 0.05) is 31.6 Å². The monoisotopic (exact) mass is 389 g/mol. The normalized spacial score (nSPS) is 22.1. The van der Waals surface area contributed by atoms with E-state index in [-0.39, 0.29) is 18.0 Å². The first-order valence-electron chi connectivity index (χ1n) is 10.6. The first-order valence-corrected chi connectivity index (χ1v) is 10.6. The van der Waals surface area contributed by atoms with Crippen molar-refractivity contribution in [3.05, 3.63) is 24.2 Å². The maximum atomic E-state index is 12.7. The minimum Gasteiger partial charge on any atom is -0.468 e. The largest absolute Gasteiger partial charge is 0.468 e. The van der Waals surface area contributed by atoms with Gasteiger partial charge in [0.15, 0.2) is 5.96 Å². The summed E-state index contributed by atoms with van der Waals surface area (Å²) in [5.41, 5.74) is 0. The molecule has 1 saturated heterocycles. The zero-order valence-electron chi connectivity index (χ0n) is 17.5. The number of likely N-dealkylation sites (tertiary alicyclic amines) is 1. The molecule has 1 aromatic rings. The predicted molar refractivity (Wildman–Crippen MR) is 111 cm³/mol. The van der Waals surface area contributed by atoms with Crippen LogP contribution < -0.4 is 10.6 Å². The van der Waals surface area contributed by atoms with Crippen LogP contribution >= 0.6 is 0 Å². The van der Waals surface area contributed by atoms with Gasteiger partial charge in [-0.05, 0) is 52.4 Å². The van der Waals surface area contributed by atoms with E-state index >= 15 is 0 Å². The fourth-order valence-corrected chi connectivity index (χ4v) is 4.19. The number of furan rings is 1. The second-order valence-electron chi connectivity index (χ2n) is 8.11. The van der Waals surface area contributed by atoms with Crippen LogP contribution in [0.5, 0.6) is 0 Å². The molecule has 2 N–H and O–H groups in total. The second-order valence-corrected chi connectivity index (χ2v) is 8.11. The summed E-state index contributed by atoms with van der Waals surface area (Å²) >= 11 is 0. The standard InChI is InChI=1S/C21H35N5O2/c1-4-22-21(23-14-18(25(2)3)19-10-7-13-28-19)24-17-11-12-26(15-17)20(27)16-8-5-6-9-16/h7,10,13,16-18H,4-6,8-9,11-12,14-15H2,1-3H3,(H2,22,23,24). The Morgan fingerprint density at radius 2 is 2.14 bits per heavy atom. The number of nitrogens with one attached hydrogen (secondary N) is 2. The molecular weight excluding hydrogens is 354 g/mol. The molecule has 1 aromatic heterocycles. The summed E-state index contributed by atoms with van der Waals surface area (Å²) in [6.45, 7) is 5.09. The topological polar surface area (TPSA) is 73.1 Å². The third-order valence-electron chi connectivity index (χ3n) is 5.81. The zero-order valence-corrected chi connectivity index (χ0v) is 17.5. The Kier molecular flexibility index (Phi) is 7.36. The fraction of sp³-hybridized carbons (Fsp3) is 0.714. The molecule has 1 amide bonds. The molecule has 156 valence electrons. The van der Waals surface area contributed by atoms with E-state index in [1.54, 1.807) is 6.26 Å². The van der Waals surface area contributed by atoms with E-state index in [4.69, 9.17) is 9.41 Å². The van der Waals surface area contributed by atoms with E-state index < -0.39 is 0 Å². The molecule has 3 rings (SSSR count). The number of aliphatic imine (C=N–C) groups is 1. The van der Waals surface area contributed by atoms with Gasteiger partial charge in [-0.2, -0.15) is 0 Å². The highest BCUT2D eigenvalue weighted by Crippen LogP contribution is 2.27. The second kappa shape index (κ2) is 9.96. The minimum atomic E-state index is 0.0921. The van der Waals surface area contributed by atoms with Crippen LogP contribution in [0.15, 0.2) is 27.8 Å². The van der Waals surface area contributed by atoms with Crippen molar-refractivity contribution in [1.29, 1.82) is 0 Å². The van der Waals surface area contributed by atoms with E-state index in [2.05, 4.69) is 22.5 Å². The van der Waals surface area contributed by atoms with E-state index in [1.807, 2.05) is 31.1 Å². The summed E-state index contributed by atoms with van der Waals surface area (Å²) in [7, 11) is 4.07. The summed E-state index contributed by atoms with van der Waals surface area (Å²) in [5.74, 6) is 2.34. The Morgan fingerprint density at radius 3 is 2.79 bits per heavy atom. The van der Waals surface area contributed by atoms with Crippen LogP contribution in [0, 0.1) is 5.92 Å².